The van der Waals surface area contributed by atoms with E-state index in [2.05, 4.69) is 82.1 Å². The van der Waals surface area contributed by atoms with Crippen molar-refractivity contribution in [2.24, 2.45) is 0 Å². The first-order valence-electron chi connectivity index (χ1n) is 20.0. The van der Waals surface area contributed by atoms with E-state index in [1.54, 1.807) is 11.1 Å². The molecule has 0 radical (unpaired) electrons. The van der Waals surface area contributed by atoms with E-state index in [1.807, 2.05) is 22.7 Å². The molecule has 0 nitrogen and oxygen atoms in total. The SMILES string of the molecule is CCCCCCCCCCCCCCc1cc(C=C2c3cc(Br)sc3-c3sc(Br)cc32)cc(CCCCCCCCCCCCCC)c1. The summed E-state index contributed by atoms with van der Waals surface area (Å²) in [5.41, 5.74) is 8.66. The van der Waals surface area contributed by atoms with Gasteiger partial charge in [0.25, 0.3) is 0 Å². The molecule has 0 N–H and O–H groups in total. The molecule has 1 aliphatic rings. The predicted molar refractivity (Wildman–Crippen MR) is 226 cm³/mol. The van der Waals surface area contributed by atoms with Crippen LogP contribution >= 0.6 is 54.5 Å². The minimum absolute atomic E-state index is 1.21. The van der Waals surface area contributed by atoms with Crippen LogP contribution in [0.15, 0.2) is 37.9 Å². The second-order valence-corrected chi connectivity index (χ2v) is 19.4. The lowest BCUT2D eigenvalue weighted by Crippen LogP contribution is -1.94. The third kappa shape index (κ3) is 14.1. The number of hydrogen-bond acceptors (Lipinski definition) is 2. The van der Waals surface area contributed by atoms with E-state index in [0.717, 1.165) is 0 Å². The Morgan fingerprint density at radius 3 is 1.12 bits per heavy atom. The van der Waals surface area contributed by atoms with Crippen molar-refractivity contribution < 1.29 is 0 Å². The quantitative estimate of drug-likeness (QED) is 0.0526. The van der Waals surface area contributed by atoms with Crippen LogP contribution in [0.4, 0.5) is 0 Å². The maximum atomic E-state index is 3.78. The topological polar surface area (TPSA) is 0 Å². The summed E-state index contributed by atoms with van der Waals surface area (Å²) in [4.78, 5) is 2.84. The van der Waals surface area contributed by atoms with E-state index in [4.69, 9.17) is 0 Å². The van der Waals surface area contributed by atoms with E-state index in [0.29, 0.717) is 0 Å². The summed E-state index contributed by atoms with van der Waals surface area (Å²) in [7, 11) is 0. The molecule has 0 saturated carbocycles. The second kappa shape index (κ2) is 23.7. The zero-order valence-electron chi connectivity index (χ0n) is 30.4. The predicted octanol–water partition coefficient (Wildman–Crippen LogP) is 17.4. The molecular formula is C44H64Br2S2. The molecule has 266 valence electrons. The lowest BCUT2D eigenvalue weighted by atomic mass is 9.95. The zero-order valence-corrected chi connectivity index (χ0v) is 35.2. The molecule has 4 heteroatoms. The van der Waals surface area contributed by atoms with E-state index < -0.39 is 0 Å². The van der Waals surface area contributed by atoms with Crippen molar-refractivity contribution in [3.8, 4) is 9.75 Å². The van der Waals surface area contributed by atoms with Gasteiger partial charge in [0, 0.05) is 11.1 Å². The van der Waals surface area contributed by atoms with Gasteiger partial charge in [-0.3, -0.25) is 0 Å². The normalized spacial score (nSPS) is 12.2. The Bertz CT molecular complexity index is 1250. The highest BCUT2D eigenvalue weighted by Crippen LogP contribution is 2.54. The largest absolute Gasteiger partial charge is 0.127 e. The molecule has 0 saturated heterocycles. The maximum absolute atomic E-state index is 3.78. The van der Waals surface area contributed by atoms with Gasteiger partial charge in [0.05, 0.1) is 17.3 Å². The van der Waals surface area contributed by atoms with Gasteiger partial charge in [-0.1, -0.05) is 173 Å². The van der Waals surface area contributed by atoms with Crippen molar-refractivity contribution in [3.05, 3.63) is 65.7 Å². The number of benzene rings is 1. The van der Waals surface area contributed by atoms with Crippen LogP contribution in [0.5, 0.6) is 0 Å². The van der Waals surface area contributed by atoms with Gasteiger partial charge in [-0.25, -0.2) is 0 Å². The highest BCUT2D eigenvalue weighted by molar-refractivity contribution is 9.11. The summed E-state index contributed by atoms with van der Waals surface area (Å²) in [5.74, 6) is 0. The van der Waals surface area contributed by atoms with E-state index >= 15 is 0 Å². The van der Waals surface area contributed by atoms with Crippen molar-refractivity contribution in [2.45, 2.75) is 181 Å². The van der Waals surface area contributed by atoms with Crippen molar-refractivity contribution >= 4 is 66.2 Å². The summed E-state index contributed by atoms with van der Waals surface area (Å²) in [6.07, 6.45) is 38.8. The molecule has 1 aliphatic carbocycles. The van der Waals surface area contributed by atoms with Crippen LogP contribution in [-0.4, -0.2) is 0 Å². The highest BCUT2D eigenvalue weighted by Gasteiger charge is 2.28. The van der Waals surface area contributed by atoms with Crippen LogP contribution in [0.25, 0.3) is 21.4 Å². The van der Waals surface area contributed by atoms with Gasteiger partial charge in [-0.05, 0) is 98.0 Å². The third-order valence-corrected chi connectivity index (χ3v) is 13.7. The summed E-state index contributed by atoms with van der Waals surface area (Å²) < 4.78 is 2.45. The van der Waals surface area contributed by atoms with Gasteiger partial charge in [-0.2, -0.15) is 0 Å². The van der Waals surface area contributed by atoms with Gasteiger partial charge in [0.2, 0.25) is 0 Å². The fourth-order valence-corrected chi connectivity index (χ4v) is 10.8. The molecule has 0 unspecified atom stereocenters. The van der Waals surface area contributed by atoms with E-state index in [9.17, 15) is 0 Å². The first-order valence-corrected chi connectivity index (χ1v) is 23.2. The Hall–Kier alpha value is -0.680. The lowest BCUT2D eigenvalue weighted by Gasteiger charge is -2.10. The zero-order chi connectivity index (χ0) is 33.8. The minimum Gasteiger partial charge on any atom is -0.127 e. The number of halogens is 2. The Morgan fingerprint density at radius 2 is 0.771 bits per heavy atom. The Morgan fingerprint density at radius 1 is 0.438 bits per heavy atom. The number of aryl methyl sites for hydroxylation is 2. The fourth-order valence-electron chi connectivity index (χ4n) is 7.43. The molecular weight excluding hydrogens is 752 g/mol. The highest BCUT2D eigenvalue weighted by atomic mass is 79.9. The number of thiophene rings is 2. The average Bonchev–Trinajstić information content (AvgIpc) is 3.72. The van der Waals surface area contributed by atoms with Crippen molar-refractivity contribution in [2.75, 3.05) is 0 Å². The molecule has 0 bridgehead atoms. The minimum atomic E-state index is 1.21. The van der Waals surface area contributed by atoms with Crippen LogP contribution in [0.3, 0.4) is 0 Å². The Kier molecular flexibility index (Phi) is 19.8. The van der Waals surface area contributed by atoms with Crippen molar-refractivity contribution in [3.63, 3.8) is 0 Å². The van der Waals surface area contributed by atoms with Crippen LogP contribution in [0.1, 0.15) is 196 Å². The molecule has 4 rings (SSSR count). The summed E-state index contributed by atoms with van der Waals surface area (Å²) in [6, 6.07) is 12.2. The molecule has 0 spiro atoms. The average molecular weight is 817 g/mol. The van der Waals surface area contributed by atoms with Crippen molar-refractivity contribution in [1.82, 2.24) is 0 Å². The molecule has 48 heavy (non-hydrogen) atoms. The monoisotopic (exact) mass is 814 g/mol. The van der Waals surface area contributed by atoms with Gasteiger partial charge >= 0.3 is 0 Å². The molecule has 3 aromatic rings. The molecule has 2 aromatic heterocycles. The first-order chi connectivity index (χ1) is 23.6. The second-order valence-electron chi connectivity index (χ2n) is 14.5. The lowest BCUT2D eigenvalue weighted by molar-refractivity contribution is 0.543. The number of rotatable bonds is 27. The Labute approximate surface area is 320 Å². The smallest absolute Gasteiger partial charge is 0.0711 e. The summed E-state index contributed by atoms with van der Waals surface area (Å²) in [5, 5.41) is 0. The van der Waals surface area contributed by atoms with E-state index in [-0.39, 0.29) is 0 Å². The van der Waals surface area contributed by atoms with Gasteiger partial charge in [-0.15, -0.1) is 22.7 Å². The summed E-state index contributed by atoms with van der Waals surface area (Å²) in [6.45, 7) is 4.61. The van der Waals surface area contributed by atoms with E-state index in [1.165, 1.54) is 207 Å². The fraction of sp³-hybridized carbons (Fsp3) is 0.636. The van der Waals surface area contributed by atoms with Crippen LogP contribution in [0.2, 0.25) is 0 Å². The standard InChI is InChI=1S/C44H64Br2S2/c1-3-5-7-9-11-13-15-17-19-21-23-25-27-35-29-36(28-26-24-22-20-18-16-14-12-10-8-6-4-2)31-37(30-35)32-38-39-33-41(45)47-43(39)44-40(38)34-42(46)48-44/h29-34H,3-28H2,1-2H3. The van der Waals surface area contributed by atoms with Gasteiger partial charge in [0.15, 0.2) is 0 Å². The molecule has 0 atom stereocenters. The maximum Gasteiger partial charge on any atom is 0.0711 e. The van der Waals surface area contributed by atoms with Crippen LogP contribution in [0, 0.1) is 0 Å². The van der Waals surface area contributed by atoms with Crippen LogP contribution in [-0.2, 0) is 12.8 Å². The molecule has 2 heterocycles. The van der Waals surface area contributed by atoms with Gasteiger partial charge in [0.1, 0.15) is 0 Å². The number of hydrogen-bond donors (Lipinski definition) is 0. The number of fused-ring (bicyclic) bond motifs is 3. The third-order valence-electron chi connectivity index (χ3n) is 10.2. The first kappa shape index (κ1) is 40.1. The number of unbranched alkanes of at least 4 members (excludes halogenated alkanes) is 22. The Balaban J connectivity index is 1.28. The summed E-state index contributed by atoms with van der Waals surface area (Å²) >= 11 is 11.3. The molecule has 1 aromatic carbocycles. The van der Waals surface area contributed by atoms with Gasteiger partial charge < -0.3 is 0 Å². The van der Waals surface area contributed by atoms with Crippen molar-refractivity contribution in [1.29, 1.82) is 0 Å². The van der Waals surface area contributed by atoms with Crippen LogP contribution < -0.4 is 0 Å². The molecule has 0 fully saturated rings. The molecule has 0 aliphatic heterocycles. The molecule has 0 amide bonds.